The lowest BCUT2D eigenvalue weighted by Gasteiger charge is -2.31. The van der Waals surface area contributed by atoms with E-state index in [4.69, 9.17) is 4.98 Å². The van der Waals surface area contributed by atoms with E-state index in [-0.39, 0.29) is 0 Å². The number of aromatic nitrogens is 4. The van der Waals surface area contributed by atoms with Crippen molar-refractivity contribution in [3.05, 3.63) is 35.2 Å². The van der Waals surface area contributed by atoms with Crippen molar-refractivity contribution in [3.8, 4) is 0 Å². The third kappa shape index (κ3) is 3.17. The molecule has 0 saturated heterocycles. The molecule has 0 radical (unpaired) electrons. The molecule has 2 aromatic heterocycles. The van der Waals surface area contributed by atoms with E-state index in [1.54, 1.807) is 13.1 Å². The summed E-state index contributed by atoms with van der Waals surface area (Å²) in [4.78, 5) is 22.3. The van der Waals surface area contributed by atoms with Crippen LogP contribution in [0, 0.1) is 0 Å². The van der Waals surface area contributed by atoms with Crippen molar-refractivity contribution in [3.63, 3.8) is 0 Å². The van der Waals surface area contributed by atoms with Gasteiger partial charge in [-0.05, 0) is 19.4 Å². The summed E-state index contributed by atoms with van der Waals surface area (Å²) in [6, 6.07) is 1.88. The van der Waals surface area contributed by atoms with Crippen LogP contribution < -0.4 is 9.80 Å². The maximum absolute atomic E-state index is 9.70. The molecule has 0 saturated carbocycles. The zero-order chi connectivity index (χ0) is 17.3. The fourth-order valence-electron chi connectivity index (χ4n) is 2.93. The molecule has 7 heteroatoms. The number of hydrogen-bond acceptors (Lipinski definition) is 7. The Balaban J connectivity index is 1.94. The SMILES string of the molecule is CCc1nc2c(c(N(C)C)n1)CCN(c1ccnc([C@@H](C)O)n1)C2. The minimum Gasteiger partial charge on any atom is -0.385 e. The van der Waals surface area contributed by atoms with Gasteiger partial charge in [-0.1, -0.05) is 6.92 Å². The molecule has 0 aromatic carbocycles. The Kier molecular flexibility index (Phi) is 4.62. The highest BCUT2D eigenvalue weighted by atomic mass is 16.3. The van der Waals surface area contributed by atoms with Crippen LogP contribution >= 0.6 is 0 Å². The topological polar surface area (TPSA) is 78.3 Å². The van der Waals surface area contributed by atoms with Crippen molar-refractivity contribution in [2.75, 3.05) is 30.4 Å². The van der Waals surface area contributed by atoms with Crippen molar-refractivity contribution < 1.29 is 5.11 Å². The Bertz CT molecular complexity index is 731. The molecular weight excluding hydrogens is 304 g/mol. The van der Waals surface area contributed by atoms with Gasteiger partial charge in [0.05, 0.1) is 12.2 Å². The molecule has 128 valence electrons. The molecule has 0 amide bonds. The molecule has 1 aliphatic heterocycles. The standard InChI is InChI=1S/C17H24N6O/c1-5-14-19-13-10-23(9-7-12(13)17(20-14)22(3)4)15-6-8-18-16(21-15)11(2)24/h6,8,11,24H,5,7,9-10H2,1-4H3/t11-/m1/s1. The lowest BCUT2D eigenvalue weighted by atomic mass is 10.0. The van der Waals surface area contributed by atoms with Crippen molar-refractivity contribution in [2.45, 2.75) is 39.3 Å². The first-order valence-corrected chi connectivity index (χ1v) is 8.31. The Labute approximate surface area is 142 Å². The average Bonchev–Trinajstić information content (AvgIpc) is 2.60. The van der Waals surface area contributed by atoms with E-state index in [9.17, 15) is 5.11 Å². The second-order valence-corrected chi connectivity index (χ2v) is 6.26. The van der Waals surface area contributed by atoms with Crippen LogP contribution in [0.3, 0.4) is 0 Å². The van der Waals surface area contributed by atoms with Crippen LogP contribution in [0.1, 0.15) is 42.9 Å². The zero-order valence-electron chi connectivity index (χ0n) is 14.7. The zero-order valence-corrected chi connectivity index (χ0v) is 14.7. The van der Waals surface area contributed by atoms with Crippen LogP contribution in [0.5, 0.6) is 0 Å². The van der Waals surface area contributed by atoms with Crippen molar-refractivity contribution in [1.29, 1.82) is 0 Å². The molecular formula is C17H24N6O. The van der Waals surface area contributed by atoms with E-state index >= 15 is 0 Å². The van der Waals surface area contributed by atoms with Crippen molar-refractivity contribution >= 4 is 11.6 Å². The number of aliphatic hydroxyl groups is 1. The van der Waals surface area contributed by atoms with Crippen molar-refractivity contribution in [1.82, 2.24) is 19.9 Å². The number of hydrogen-bond donors (Lipinski definition) is 1. The maximum atomic E-state index is 9.70. The number of rotatable bonds is 4. The van der Waals surface area contributed by atoms with Gasteiger partial charge in [0.1, 0.15) is 23.6 Å². The summed E-state index contributed by atoms with van der Waals surface area (Å²) in [6.45, 7) is 5.29. The molecule has 0 unspecified atom stereocenters. The van der Waals surface area contributed by atoms with Gasteiger partial charge in [0.2, 0.25) is 0 Å². The quantitative estimate of drug-likeness (QED) is 0.911. The third-order valence-electron chi connectivity index (χ3n) is 4.19. The molecule has 3 heterocycles. The number of nitrogens with zero attached hydrogens (tertiary/aromatic N) is 6. The van der Waals surface area contributed by atoms with Gasteiger partial charge in [-0.3, -0.25) is 0 Å². The number of anilines is 2. The Morgan fingerprint density at radius 1 is 1.29 bits per heavy atom. The summed E-state index contributed by atoms with van der Waals surface area (Å²) in [5.41, 5.74) is 2.28. The van der Waals surface area contributed by atoms with Gasteiger partial charge < -0.3 is 14.9 Å². The third-order valence-corrected chi connectivity index (χ3v) is 4.19. The lowest BCUT2D eigenvalue weighted by molar-refractivity contribution is 0.189. The average molecular weight is 328 g/mol. The molecule has 2 aromatic rings. The largest absolute Gasteiger partial charge is 0.385 e. The van der Waals surface area contributed by atoms with Crippen LogP contribution in [0.25, 0.3) is 0 Å². The summed E-state index contributed by atoms with van der Waals surface area (Å²) in [5.74, 6) is 3.16. The highest BCUT2D eigenvalue weighted by Crippen LogP contribution is 2.28. The normalized spacial score (nSPS) is 15.1. The Hall–Kier alpha value is -2.28. The summed E-state index contributed by atoms with van der Waals surface area (Å²) >= 11 is 0. The maximum Gasteiger partial charge on any atom is 0.158 e. The fraction of sp³-hybridized carbons (Fsp3) is 0.529. The van der Waals surface area contributed by atoms with Crippen molar-refractivity contribution in [2.24, 2.45) is 0 Å². The van der Waals surface area contributed by atoms with E-state index in [1.165, 1.54) is 5.56 Å². The van der Waals surface area contributed by atoms with Gasteiger partial charge in [-0.2, -0.15) is 0 Å². The van der Waals surface area contributed by atoms with Crippen LogP contribution in [0.4, 0.5) is 11.6 Å². The van der Waals surface area contributed by atoms with E-state index < -0.39 is 6.10 Å². The van der Waals surface area contributed by atoms with E-state index in [2.05, 4.69) is 31.7 Å². The van der Waals surface area contributed by atoms with Gasteiger partial charge in [-0.25, -0.2) is 19.9 Å². The second kappa shape index (κ2) is 6.68. The summed E-state index contributed by atoms with van der Waals surface area (Å²) < 4.78 is 0. The molecule has 1 aliphatic rings. The fourth-order valence-corrected chi connectivity index (χ4v) is 2.93. The molecule has 0 spiro atoms. The monoisotopic (exact) mass is 328 g/mol. The molecule has 0 fully saturated rings. The van der Waals surface area contributed by atoms with E-state index in [1.807, 2.05) is 20.2 Å². The van der Waals surface area contributed by atoms with Gasteiger partial charge in [0.15, 0.2) is 5.82 Å². The number of fused-ring (bicyclic) bond motifs is 1. The Morgan fingerprint density at radius 3 is 2.75 bits per heavy atom. The first-order chi connectivity index (χ1) is 11.5. The molecule has 0 bridgehead atoms. The number of aliphatic hydroxyl groups excluding tert-OH is 1. The van der Waals surface area contributed by atoms with Gasteiger partial charge in [-0.15, -0.1) is 0 Å². The van der Waals surface area contributed by atoms with Gasteiger partial charge in [0, 0.05) is 38.8 Å². The molecule has 7 nitrogen and oxygen atoms in total. The molecule has 24 heavy (non-hydrogen) atoms. The predicted octanol–water partition coefficient (Wildman–Crippen LogP) is 1.51. The van der Waals surface area contributed by atoms with E-state index in [0.717, 1.165) is 42.5 Å². The van der Waals surface area contributed by atoms with Gasteiger partial charge >= 0.3 is 0 Å². The molecule has 3 rings (SSSR count). The molecule has 0 aliphatic carbocycles. The minimum atomic E-state index is -0.670. The Morgan fingerprint density at radius 2 is 2.08 bits per heavy atom. The lowest BCUT2D eigenvalue weighted by Crippen LogP contribution is -2.34. The molecule has 1 atom stereocenters. The van der Waals surface area contributed by atoms with Crippen LogP contribution in [0.15, 0.2) is 12.3 Å². The minimum absolute atomic E-state index is 0.448. The van der Waals surface area contributed by atoms with Crippen LogP contribution in [-0.4, -0.2) is 45.7 Å². The predicted molar refractivity (Wildman–Crippen MR) is 93.2 cm³/mol. The van der Waals surface area contributed by atoms with Crippen LogP contribution in [0.2, 0.25) is 0 Å². The first-order valence-electron chi connectivity index (χ1n) is 8.31. The van der Waals surface area contributed by atoms with Gasteiger partial charge in [0.25, 0.3) is 0 Å². The highest BCUT2D eigenvalue weighted by Gasteiger charge is 2.24. The second-order valence-electron chi connectivity index (χ2n) is 6.26. The summed E-state index contributed by atoms with van der Waals surface area (Å²) in [7, 11) is 4.04. The smallest absolute Gasteiger partial charge is 0.158 e. The van der Waals surface area contributed by atoms with Crippen LogP contribution in [-0.2, 0) is 19.4 Å². The summed E-state index contributed by atoms with van der Waals surface area (Å²) in [5, 5.41) is 9.70. The van der Waals surface area contributed by atoms with E-state index in [0.29, 0.717) is 12.4 Å². The first kappa shape index (κ1) is 16.6. The highest BCUT2D eigenvalue weighted by molar-refractivity contribution is 5.52. The molecule has 1 N–H and O–H groups in total. The summed E-state index contributed by atoms with van der Waals surface area (Å²) in [6.07, 6.45) is 2.72. The number of aryl methyl sites for hydroxylation is 1.